The molecule has 0 saturated heterocycles. The summed E-state index contributed by atoms with van der Waals surface area (Å²) in [5.41, 5.74) is 1.71. The molecule has 6 nitrogen and oxygen atoms in total. The number of ether oxygens (including phenoxy) is 1. The summed E-state index contributed by atoms with van der Waals surface area (Å²) in [6.07, 6.45) is 0.700. The molecule has 0 heterocycles. The van der Waals surface area contributed by atoms with E-state index in [1.54, 1.807) is 12.1 Å². The minimum absolute atomic E-state index is 0.0938. The highest BCUT2D eigenvalue weighted by Crippen LogP contribution is 2.25. The van der Waals surface area contributed by atoms with Crippen molar-refractivity contribution in [1.82, 2.24) is 0 Å². The molecule has 0 unspecified atom stereocenters. The number of nitrogens with one attached hydrogen (secondary N) is 1. The van der Waals surface area contributed by atoms with E-state index >= 15 is 0 Å². The van der Waals surface area contributed by atoms with E-state index in [9.17, 15) is 10.1 Å². The van der Waals surface area contributed by atoms with Crippen LogP contribution in [0.5, 0.6) is 5.75 Å². The second kappa shape index (κ2) is 7.80. The second-order valence-electron chi connectivity index (χ2n) is 5.05. The number of nitrogens with zero attached hydrogens (tertiary/aromatic N) is 2. The number of nitro benzene ring substituents is 1. The molecule has 0 amide bonds. The van der Waals surface area contributed by atoms with Gasteiger partial charge in [0, 0.05) is 12.6 Å². The lowest BCUT2D eigenvalue weighted by atomic mass is 10.2. The molecule has 0 aliphatic carbocycles. The molecule has 0 atom stereocenters. The van der Waals surface area contributed by atoms with E-state index in [4.69, 9.17) is 10.00 Å². The molecule has 0 aliphatic rings. The Hall–Kier alpha value is -3.07. The first kappa shape index (κ1) is 16.3. The van der Waals surface area contributed by atoms with Gasteiger partial charge in [-0.2, -0.15) is 5.26 Å². The fraction of sp³-hybridized carbons (Fsp3) is 0.235. The maximum absolute atomic E-state index is 11.0. The summed E-state index contributed by atoms with van der Waals surface area (Å²) in [5, 5.41) is 22.8. The normalized spacial score (nSPS) is 9.91. The summed E-state index contributed by atoms with van der Waals surface area (Å²) >= 11 is 0. The summed E-state index contributed by atoms with van der Waals surface area (Å²) in [6.45, 7) is 3.05. The third-order valence-electron chi connectivity index (χ3n) is 3.22. The highest BCUT2D eigenvalue weighted by molar-refractivity contribution is 5.63. The van der Waals surface area contributed by atoms with Gasteiger partial charge in [0.25, 0.3) is 5.69 Å². The number of benzene rings is 2. The average Bonchev–Trinajstić information content (AvgIpc) is 2.54. The molecule has 1 N–H and O–H groups in total. The maximum Gasteiger partial charge on any atom is 0.293 e. The van der Waals surface area contributed by atoms with Gasteiger partial charge in [-0.15, -0.1) is 0 Å². The Bertz CT molecular complexity index is 738. The van der Waals surface area contributed by atoms with Gasteiger partial charge in [0.1, 0.15) is 11.4 Å². The minimum atomic E-state index is -0.494. The molecular weight excluding hydrogens is 294 g/mol. The average molecular weight is 311 g/mol. The lowest BCUT2D eigenvalue weighted by Gasteiger charge is -2.09. The summed E-state index contributed by atoms with van der Waals surface area (Å²) in [6, 6.07) is 14.1. The summed E-state index contributed by atoms with van der Waals surface area (Å²) in [5.74, 6) is 0.814. The summed E-state index contributed by atoms with van der Waals surface area (Å²) < 4.78 is 5.62. The van der Waals surface area contributed by atoms with Crippen LogP contribution in [0.4, 0.5) is 11.4 Å². The second-order valence-corrected chi connectivity index (χ2v) is 5.05. The molecule has 0 fully saturated rings. The number of hydrogen-bond donors (Lipinski definition) is 1. The van der Waals surface area contributed by atoms with Crippen molar-refractivity contribution < 1.29 is 9.66 Å². The first-order valence-corrected chi connectivity index (χ1v) is 7.22. The fourth-order valence-electron chi connectivity index (χ4n) is 2.09. The van der Waals surface area contributed by atoms with Crippen LogP contribution in [0.2, 0.25) is 0 Å². The molecule has 23 heavy (non-hydrogen) atoms. The number of aryl methyl sites for hydroxylation is 1. The van der Waals surface area contributed by atoms with Gasteiger partial charge in [0.15, 0.2) is 0 Å². The van der Waals surface area contributed by atoms with Crippen LogP contribution in [0.3, 0.4) is 0 Å². The van der Waals surface area contributed by atoms with E-state index in [1.165, 1.54) is 6.07 Å². The standard InChI is InChI=1S/C17H17N3O3/c1-13-4-2-5-15(10-13)23-9-3-8-19-16-7-6-14(12-18)11-17(16)20(21)22/h2,4-7,10-11,19H,3,8-9H2,1H3. The Labute approximate surface area is 134 Å². The van der Waals surface area contributed by atoms with Gasteiger partial charge in [-0.1, -0.05) is 12.1 Å². The summed E-state index contributed by atoms with van der Waals surface area (Å²) in [4.78, 5) is 10.5. The Morgan fingerprint density at radius 1 is 1.30 bits per heavy atom. The predicted molar refractivity (Wildman–Crippen MR) is 87.6 cm³/mol. The highest BCUT2D eigenvalue weighted by Gasteiger charge is 2.14. The van der Waals surface area contributed by atoms with Crippen LogP contribution >= 0.6 is 0 Å². The smallest absolute Gasteiger partial charge is 0.293 e. The molecular formula is C17H17N3O3. The van der Waals surface area contributed by atoms with E-state index in [0.717, 1.165) is 11.3 Å². The largest absolute Gasteiger partial charge is 0.494 e. The molecule has 0 bridgehead atoms. The van der Waals surface area contributed by atoms with Crippen LogP contribution in [-0.4, -0.2) is 18.1 Å². The Morgan fingerprint density at radius 3 is 2.83 bits per heavy atom. The first-order chi connectivity index (χ1) is 11.1. The predicted octanol–water partition coefficient (Wildman–Crippen LogP) is 3.66. The fourth-order valence-corrected chi connectivity index (χ4v) is 2.09. The quantitative estimate of drug-likeness (QED) is 0.479. The van der Waals surface area contributed by atoms with E-state index in [1.807, 2.05) is 37.3 Å². The van der Waals surface area contributed by atoms with Crippen LogP contribution in [0.25, 0.3) is 0 Å². The molecule has 0 aromatic heterocycles. The van der Waals surface area contributed by atoms with Crippen LogP contribution < -0.4 is 10.1 Å². The van der Waals surface area contributed by atoms with Gasteiger partial charge in [-0.3, -0.25) is 10.1 Å². The van der Waals surface area contributed by atoms with E-state index in [0.29, 0.717) is 25.3 Å². The Balaban J connectivity index is 1.84. The van der Waals surface area contributed by atoms with Gasteiger partial charge < -0.3 is 10.1 Å². The van der Waals surface area contributed by atoms with Gasteiger partial charge in [0.05, 0.1) is 23.2 Å². The number of nitro groups is 1. The summed E-state index contributed by atoms with van der Waals surface area (Å²) in [7, 11) is 0. The van der Waals surface area contributed by atoms with Crippen LogP contribution in [-0.2, 0) is 0 Å². The van der Waals surface area contributed by atoms with Crippen molar-refractivity contribution in [2.45, 2.75) is 13.3 Å². The first-order valence-electron chi connectivity index (χ1n) is 7.22. The third kappa shape index (κ3) is 4.71. The van der Waals surface area contributed by atoms with Crippen LogP contribution in [0, 0.1) is 28.4 Å². The van der Waals surface area contributed by atoms with E-state index in [2.05, 4.69) is 5.32 Å². The molecule has 2 rings (SSSR count). The van der Waals surface area contributed by atoms with Gasteiger partial charge in [-0.05, 0) is 43.2 Å². The van der Waals surface area contributed by atoms with Crippen molar-refractivity contribution in [1.29, 1.82) is 5.26 Å². The maximum atomic E-state index is 11.0. The molecule has 118 valence electrons. The zero-order valence-corrected chi connectivity index (χ0v) is 12.8. The van der Waals surface area contributed by atoms with Crippen molar-refractivity contribution in [3.8, 4) is 11.8 Å². The molecule has 2 aromatic carbocycles. The third-order valence-corrected chi connectivity index (χ3v) is 3.22. The number of anilines is 1. The molecule has 2 aromatic rings. The number of hydrogen-bond acceptors (Lipinski definition) is 5. The molecule has 0 saturated carbocycles. The SMILES string of the molecule is Cc1cccc(OCCCNc2ccc(C#N)cc2[N+](=O)[O-])c1. The van der Waals surface area contributed by atoms with Gasteiger partial charge >= 0.3 is 0 Å². The molecule has 6 heteroatoms. The highest BCUT2D eigenvalue weighted by atomic mass is 16.6. The zero-order chi connectivity index (χ0) is 16.7. The van der Waals surface area contributed by atoms with Gasteiger partial charge in [0.2, 0.25) is 0 Å². The van der Waals surface area contributed by atoms with Crippen molar-refractivity contribution in [3.63, 3.8) is 0 Å². The number of rotatable bonds is 7. The molecule has 0 spiro atoms. The Morgan fingerprint density at radius 2 is 2.13 bits per heavy atom. The van der Waals surface area contributed by atoms with Crippen LogP contribution in [0.1, 0.15) is 17.5 Å². The molecule has 0 aliphatic heterocycles. The van der Waals surface area contributed by atoms with Crippen molar-refractivity contribution in [3.05, 3.63) is 63.7 Å². The van der Waals surface area contributed by atoms with Crippen molar-refractivity contribution in [2.24, 2.45) is 0 Å². The van der Waals surface area contributed by atoms with Crippen molar-refractivity contribution >= 4 is 11.4 Å². The lowest BCUT2D eigenvalue weighted by Crippen LogP contribution is -2.08. The van der Waals surface area contributed by atoms with Crippen molar-refractivity contribution in [2.75, 3.05) is 18.5 Å². The monoisotopic (exact) mass is 311 g/mol. The Kier molecular flexibility index (Phi) is 5.53. The topological polar surface area (TPSA) is 88.2 Å². The zero-order valence-electron chi connectivity index (χ0n) is 12.8. The van der Waals surface area contributed by atoms with E-state index in [-0.39, 0.29) is 11.3 Å². The van der Waals surface area contributed by atoms with E-state index < -0.39 is 4.92 Å². The van der Waals surface area contributed by atoms with Gasteiger partial charge in [-0.25, -0.2) is 0 Å². The molecule has 0 radical (unpaired) electrons. The van der Waals surface area contributed by atoms with Crippen LogP contribution in [0.15, 0.2) is 42.5 Å². The lowest BCUT2D eigenvalue weighted by molar-refractivity contribution is -0.384. The number of nitriles is 1. The minimum Gasteiger partial charge on any atom is -0.494 e.